The largest absolute Gasteiger partial charge is 0.412 e. The quantitative estimate of drug-likeness (QED) is 0.853. The minimum Gasteiger partial charge on any atom is -0.412 e. The summed E-state index contributed by atoms with van der Waals surface area (Å²) in [7, 11) is 3.97. The van der Waals surface area contributed by atoms with Crippen LogP contribution in [0.25, 0.3) is 10.8 Å². The third-order valence-electron chi connectivity index (χ3n) is 3.26. The molecule has 1 aromatic heterocycles. The van der Waals surface area contributed by atoms with E-state index < -0.39 is 5.91 Å². The van der Waals surface area contributed by atoms with E-state index in [-0.39, 0.29) is 11.0 Å². The molecule has 6 nitrogen and oxygen atoms in total. The van der Waals surface area contributed by atoms with Gasteiger partial charge in [0.25, 0.3) is 11.5 Å². The summed E-state index contributed by atoms with van der Waals surface area (Å²) in [4.78, 5) is 26.0. The monoisotopic (exact) mass is 291 g/mol. The lowest BCUT2D eigenvalue weighted by Gasteiger charge is -2.12. The van der Waals surface area contributed by atoms with Gasteiger partial charge in [0, 0.05) is 23.5 Å². The van der Waals surface area contributed by atoms with Gasteiger partial charge in [-0.05, 0) is 33.1 Å². The van der Waals surface area contributed by atoms with Crippen molar-refractivity contribution in [2.45, 2.75) is 13.0 Å². The molecule has 114 valence electrons. The Labute approximate surface area is 123 Å². The minimum atomic E-state index is -0.512. The summed E-state index contributed by atoms with van der Waals surface area (Å²) in [5.74, 6) is -0.512. The Bertz CT molecular complexity index is 692. The van der Waals surface area contributed by atoms with Crippen molar-refractivity contribution in [2.75, 3.05) is 20.6 Å². The van der Waals surface area contributed by atoms with E-state index in [0.29, 0.717) is 22.9 Å². The second kappa shape index (κ2) is 7.01. The topological polar surface area (TPSA) is 99.8 Å². The van der Waals surface area contributed by atoms with Gasteiger partial charge < -0.3 is 20.7 Å². The van der Waals surface area contributed by atoms with Crippen LogP contribution in [-0.2, 0) is 6.54 Å². The number of nitrogens with zero attached hydrogens (tertiary/aromatic N) is 2. The van der Waals surface area contributed by atoms with Crippen LogP contribution in [0.4, 0.5) is 0 Å². The van der Waals surface area contributed by atoms with Crippen molar-refractivity contribution >= 4 is 16.7 Å². The van der Waals surface area contributed by atoms with Crippen LogP contribution < -0.4 is 11.3 Å². The third-order valence-corrected chi connectivity index (χ3v) is 3.26. The number of aromatic nitrogens is 1. The number of aryl methyl sites for hydroxylation is 1. The molecule has 2 rings (SSSR count). The average Bonchev–Trinajstić information content (AvgIpc) is 2.41. The van der Waals surface area contributed by atoms with Crippen molar-refractivity contribution < 1.29 is 10.3 Å². The summed E-state index contributed by atoms with van der Waals surface area (Å²) < 4.78 is 1.58. The minimum absolute atomic E-state index is 0. The van der Waals surface area contributed by atoms with Gasteiger partial charge in [-0.25, -0.2) is 0 Å². The maximum Gasteiger partial charge on any atom is 0.258 e. The van der Waals surface area contributed by atoms with Gasteiger partial charge in [-0.2, -0.15) is 0 Å². The lowest BCUT2D eigenvalue weighted by atomic mass is 10.1. The zero-order valence-electron chi connectivity index (χ0n) is 12.3. The van der Waals surface area contributed by atoms with Crippen molar-refractivity contribution in [3.63, 3.8) is 0 Å². The van der Waals surface area contributed by atoms with Crippen LogP contribution >= 0.6 is 0 Å². The second-order valence-electron chi connectivity index (χ2n) is 5.11. The number of carbonyl (C=O) groups is 1. The molecule has 21 heavy (non-hydrogen) atoms. The molecule has 0 saturated carbocycles. The van der Waals surface area contributed by atoms with E-state index >= 15 is 0 Å². The Morgan fingerprint density at radius 3 is 2.43 bits per heavy atom. The summed E-state index contributed by atoms with van der Waals surface area (Å²) in [6, 6.07) is 7.07. The highest BCUT2D eigenvalue weighted by Gasteiger charge is 2.11. The first-order valence-electron chi connectivity index (χ1n) is 6.57. The fourth-order valence-electron chi connectivity index (χ4n) is 2.26. The molecule has 0 unspecified atom stereocenters. The number of nitrogens with two attached hydrogens (primary N) is 1. The van der Waals surface area contributed by atoms with Crippen molar-refractivity contribution in [1.29, 1.82) is 0 Å². The highest BCUT2D eigenvalue weighted by molar-refractivity contribution is 6.05. The van der Waals surface area contributed by atoms with Crippen LogP contribution in [0.15, 0.2) is 35.3 Å². The smallest absolute Gasteiger partial charge is 0.258 e. The number of rotatable bonds is 5. The number of carbonyl (C=O) groups excluding carboxylic acids is 1. The summed E-state index contributed by atoms with van der Waals surface area (Å²) in [5, 5.41) is 1.16. The van der Waals surface area contributed by atoms with Crippen LogP contribution in [0.3, 0.4) is 0 Å². The summed E-state index contributed by atoms with van der Waals surface area (Å²) in [6.45, 7) is 1.45. The molecule has 4 N–H and O–H groups in total. The van der Waals surface area contributed by atoms with Crippen molar-refractivity contribution in [3.05, 3.63) is 46.4 Å². The Balaban J connectivity index is 0.00000220. The molecule has 2 aromatic rings. The van der Waals surface area contributed by atoms with Crippen molar-refractivity contribution in [3.8, 4) is 0 Å². The normalized spacial score (nSPS) is 10.6. The Hall–Kier alpha value is -2.18. The Morgan fingerprint density at radius 2 is 1.86 bits per heavy atom. The molecule has 0 saturated heterocycles. The van der Waals surface area contributed by atoms with Gasteiger partial charge in [-0.15, -0.1) is 0 Å². The molecule has 0 fully saturated rings. The molecule has 1 aromatic carbocycles. The van der Waals surface area contributed by atoms with E-state index in [1.165, 1.54) is 0 Å². The molecular formula is C15H21N3O3. The van der Waals surface area contributed by atoms with Gasteiger partial charge in [0.15, 0.2) is 0 Å². The van der Waals surface area contributed by atoms with E-state index in [4.69, 9.17) is 5.73 Å². The van der Waals surface area contributed by atoms with E-state index in [1.807, 2.05) is 14.1 Å². The van der Waals surface area contributed by atoms with Gasteiger partial charge in [-0.3, -0.25) is 9.59 Å². The van der Waals surface area contributed by atoms with Crippen LogP contribution in [0.5, 0.6) is 0 Å². The number of hydrogen-bond acceptors (Lipinski definition) is 3. The van der Waals surface area contributed by atoms with Crippen LogP contribution in [0.1, 0.15) is 16.8 Å². The van der Waals surface area contributed by atoms with Gasteiger partial charge >= 0.3 is 0 Å². The van der Waals surface area contributed by atoms with Gasteiger partial charge in [-0.1, -0.05) is 18.2 Å². The number of fused-ring (bicyclic) bond motifs is 1. The fourth-order valence-corrected chi connectivity index (χ4v) is 2.26. The predicted octanol–water partition coefficient (Wildman–Crippen LogP) is 0.227. The first kappa shape index (κ1) is 16.9. The highest BCUT2D eigenvalue weighted by Crippen LogP contribution is 2.14. The van der Waals surface area contributed by atoms with Crippen LogP contribution in [0.2, 0.25) is 0 Å². The van der Waals surface area contributed by atoms with Crippen molar-refractivity contribution in [2.24, 2.45) is 5.73 Å². The van der Waals surface area contributed by atoms with Crippen LogP contribution in [0, 0.1) is 0 Å². The molecule has 0 aliphatic heterocycles. The molecule has 0 atom stereocenters. The Kier molecular flexibility index (Phi) is 5.63. The second-order valence-corrected chi connectivity index (χ2v) is 5.11. The maximum absolute atomic E-state index is 12.4. The predicted molar refractivity (Wildman–Crippen MR) is 83.5 cm³/mol. The first-order chi connectivity index (χ1) is 9.50. The van der Waals surface area contributed by atoms with Crippen LogP contribution in [-0.4, -0.2) is 41.5 Å². The number of benzene rings is 1. The average molecular weight is 291 g/mol. The SMILES string of the molecule is CN(C)CCCn1cc(C(N)=O)c2ccccc2c1=O.O. The molecule has 0 aliphatic carbocycles. The van der Waals surface area contributed by atoms with Gasteiger partial charge in [0.2, 0.25) is 0 Å². The molecule has 0 radical (unpaired) electrons. The lowest BCUT2D eigenvalue weighted by molar-refractivity contribution is 0.100. The number of primary amides is 1. The molecule has 0 bridgehead atoms. The van der Waals surface area contributed by atoms with E-state index in [9.17, 15) is 9.59 Å². The molecule has 1 heterocycles. The Morgan fingerprint density at radius 1 is 1.24 bits per heavy atom. The zero-order valence-corrected chi connectivity index (χ0v) is 12.3. The number of amides is 1. The lowest BCUT2D eigenvalue weighted by Crippen LogP contribution is -2.25. The first-order valence-corrected chi connectivity index (χ1v) is 6.57. The standard InChI is InChI=1S/C15H19N3O2.H2O/c1-17(2)8-5-9-18-10-13(14(16)19)11-6-3-4-7-12(11)15(18)20;/h3-4,6-7,10H,5,8-9H2,1-2H3,(H2,16,19);1H2. The number of hydrogen-bond donors (Lipinski definition) is 1. The molecule has 0 spiro atoms. The van der Waals surface area contributed by atoms with E-state index in [0.717, 1.165) is 13.0 Å². The van der Waals surface area contributed by atoms with E-state index in [1.54, 1.807) is 35.0 Å². The molecular weight excluding hydrogens is 270 g/mol. The van der Waals surface area contributed by atoms with Crippen molar-refractivity contribution in [1.82, 2.24) is 9.47 Å². The van der Waals surface area contributed by atoms with Gasteiger partial charge in [0.05, 0.1) is 5.56 Å². The summed E-state index contributed by atoms with van der Waals surface area (Å²) in [5.41, 5.74) is 5.73. The number of pyridine rings is 1. The molecule has 0 aliphatic rings. The fraction of sp³-hybridized carbons (Fsp3) is 0.333. The highest BCUT2D eigenvalue weighted by atomic mass is 16.1. The van der Waals surface area contributed by atoms with E-state index in [2.05, 4.69) is 4.90 Å². The molecule has 1 amide bonds. The summed E-state index contributed by atoms with van der Waals surface area (Å²) >= 11 is 0. The third kappa shape index (κ3) is 3.68. The van der Waals surface area contributed by atoms with Gasteiger partial charge in [0.1, 0.15) is 0 Å². The maximum atomic E-state index is 12.4. The molecule has 6 heteroatoms. The summed E-state index contributed by atoms with van der Waals surface area (Å²) in [6.07, 6.45) is 2.41. The zero-order chi connectivity index (χ0) is 14.7.